The summed E-state index contributed by atoms with van der Waals surface area (Å²) < 4.78 is 54.4. The normalized spacial score (nSPS) is 23.6. The van der Waals surface area contributed by atoms with Gasteiger partial charge < -0.3 is 10.4 Å². The second kappa shape index (κ2) is 7.39. The molecule has 0 radical (unpaired) electrons. The highest BCUT2D eigenvalue weighted by molar-refractivity contribution is 5.99. The minimum absolute atomic E-state index is 0.0928. The summed E-state index contributed by atoms with van der Waals surface area (Å²) in [6.45, 7) is 1.10. The number of alkyl halides is 4. The number of hydrogen-bond acceptors (Lipinski definition) is 3. The maximum absolute atomic E-state index is 13.6. The first-order valence-corrected chi connectivity index (χ1v) is 9.79. The van der Waals surface area contributed by atoms with Gasteiger partial charge in [0.1, 0.15) is 6.17 Å². The zero-order valence-electron chi connectivity index (χ0n) is 16.6. The standard InChI is InChI=1S/C21H23F4N3O2/c1-11(22)16(10-29)26-20(30)13-6-15-14-4-3-5-17-19(14)12(7-18(15)27(2)8-13)9-28(17)21(23,24)25/h3-6,9,11,13,16,18,29H,7-8,10H2,1-2H3,(H,26,30). The predicted molar refractivity (Wildman–Crippen MR) is 104 cm³/mol. The lowest BCUT2D eigenvalue weighted by Crippen LogP contribution is -2.50. The van der Waals surface area contributed by atoms with Crippen LogP contribution in [0, 0.1) is 5.92 Å². The van der Waals surface area contributed by atoms with E-state index in [-0.39, 0.29) is 11.6 Å². The van der Waals surface area contributed by atoms with Gasteiger partial charge in [-0.1, -0.05) is 18.2 Å². The summed E-state index contributed by atoms with van der Waals surface area (Å²) in [6, 6.07) is 3.66. The third-order valence-corrected chi connectivity index (χ3v) is 6.08. The molecule has 0 saturated heterocycles. The number of aromatic nitrogens is 1. The van der Waals surface area contributed by atoms with Crippen molar-refractivity contribution in [1.82, 2.24) is 14.8 Å². The Kier molecular flexibility index (Phi) is 5.14. The first kappa shape index (κ1) is 20.9. The maximum Gasteiger partial charge on any atom is 0.488 e. The molecule has 1 aliphatic carbocycles. The van der Waals surface area contributed by atoms with Crippen LogP contribution in [-0.4, -0.2) is 58.9 Å². The van der Waals surface area contributed by atoms with Crippen LogP contribution in [0.15, 0.2) is 30.5 Å². The molecule has 1 aromatic heterocycles. The van der Waals surface area contributed by atoms with Gasteiger partial charge in [0.25, 0.3) is 0 Å². The molecule has 5 nitrogen and oxygen atoms in total. The Hall–Kier alpha value is -2.39. The summed E-state index contributed by atoms with van der Waals surface area (Å²) in [6.07, 6.45) is -2.58. The van der Waals surface area contributed by atoms with Gasteiger partial charge in [-0.2, -0.15) is 0 Å². The minimum Gasteiger partial charge on any atom is -0.394 e. The molecule has 2 aliphatic rings. The Balaban J connectivity index is 1.76. The summed E-state index contributed by atoms with van der Waals surface area (Å²) in [4.78, 5) is 14.6. The van der Waals surface area contributed by atoms with Crippen molar-refractivity contribution >= 4 is 22.4 Å². The molecule has 4 unspecified atom stereocenters. The van der Waals surface area contributed by atoms with E-state index in [1.165, 1.54) is 13.0 Å². The van der Waals surface area contributed by atoms with E-state index in [0.717, 1.165) is 11.8 Å². The average molecular weight is 425 g/mol. The number of amides is 1. The van der Waals surface area contributed by atoms with Gasteiger partial charge >= 0.3 is 6.30 Å². The minimum atomic E-state index is -4.52. The van der Waals surface area contributed by atoms with E-state index in [0.29, 0.717) is 34.0 Å². The predicted octanol–water partition coefficient (Wildman–Crippen LogP) is 2.82. The Bertz CT molecular complexity index is 1010. The maximum atomic E-state index is 13.6. The molecule has 1 aliphatic heterocycles. The number of aliphatic hydroxyl groups is 1. The van der Waals surface area contributed by atoms with Crippen molar-refractivity contribution in [3.8, 4) is 0 Å². The van der Waals surface area contributed by atoms with Crippen LogP contribution in [0.25, 0.3) is 16.5 Å². The molecule has 4 rings (SSSR count). The number of rotatable bonds is 4. The van der Waals surface area contributed by atoms with E-state index in [1.807, 2.05) is 11.9 Å². The summed E-state index contributed by atoms with van der Waals surface area (Å²) >= 11 is 0. The van der Waals surface area contributed by atoms with Crippen molar-refractivity contribution < 1.29 is 27.5 Å². The van der Waals surface area contributed by atoms with Crippen LogP contribution in [0.5, 0.6) is 0 Å². The number of hydrogen-bond donors (Lipinski definition) is 2. The van der Waals surface area contributed by atoms with Crippen molar-refractivity contribution in [1.29, 1.82) is 0 Å². The lowest BCUT2D eigenvalue weighted by Gasteiger charge is -2.39. The summed E-state index contributed by atoms with van der Waals surface area (Å²) in [5, 5.41) is 12.4. The molecule has 2 heterocycles. The number of benzene rings is 1. The third-order valence-electron chi connectivity index (χ3n) is 6.08. The quantitative estimate of drug-likeness (QED) is 0.741. The van der Waals surface area contributed by atoms with E-state index in [1.54, 1.807) is 18.2 Å². The smallest absolute Gasteiger partial charge is 0.394 e. The first-order valence-electron chi connectivity index (χ1n) is 9.79. The highest BCUT2D eigenvalue weighted by Crippen LogP contribution is 2.43. The zero-order chi connectivity index (χ0) is 21.8. The van der Waals surface area contributed by atoms with E-state index < -0.39 is 36.9 Å². The lowest BCUT2D eigenvalue weighted by molar-refractivity contribution is -0.200. The number of carbonyl (C=O) groups excluding carboxylic acids is 1. The SMILES string of the molecule is CC(F)C(CO)NC(=O)C1C=C2c3cccc4c3c(cn4C(F)(F)F)CC2N(C)C1. The molecule has 1 amide bonds. The largest absolute Gasteiger partial charge is 0.488 e. The molecular formula is C21H23F4N3O2. The molecule has 0 saturated carbocycles. The zero-order valence-corrected chi connectivity index (χ0v) is 16.6. The van der Waals surface area contributed by atoms with E-state index in [4.69, 9.17) is 0 Å². The third kappa shape index (κ3) is 3.39. The molecule has 0 bridgehead atoms. The average Bonchev–Trinajstić information content (AvgIpc) is 3.06. The van der Waals surface area contributed by atoms with Crippen molar-refractivity contribution in [2.75, 3.05) is 20.2 Å². The molecule has 2 aromatic rings. The number of halogens is 4. The molecule has 162 valence electrons. The van der Waals surface area contributed by atoms with E-state index in [9.17, 15) is 27.5 Å². The Morgan fingerprint density at radius 1 is 1.37 bits per heavy atom. The second-order valence-corrected chi connectivity index (χ2v) is 8.06. The lowest BCUT2D eigenvalue weighted by atomic mass is 9.79. The highest BCUT2D eigenvalue weighted by Gasteiger charge is 2.39. The molecule has 4 atom stereocenters. The fourth-order valence-electron chi connectivity index (χ4n) is 4.53. The van der Waals surface area contributed by atoms with Gasteiger partial charge in [-0.25, -0.2) is 4.39 Å². The van der Waals surface area contributed by atoms with Gasteiger partial charge in [0.05, 0.1) is 24.1 Å². The summed E-state index contributed by atoms with van der Waals surface area (Å²) in [5.74, 6) is -1.02. The van der Waals surface area contributed by atoms with E-state index in [2.05, 4.69) is 5.32 Å². The van der Waals surface area contributed by atoms with Crippen LogP contribution < -0.4 is 5.32 Å². The van der Waals surface area contributed by atoms with E-state index >= 15 is 0 Å². The van der Waals surface area contributed by atoms with Gasteiger partial charge in [-0.3, -0.25) is 14.3 Å². The van der Waals surface area contributed by atoms with Crippen LogP contribution in [0.4, 0.5) is 17.6 Å². The second-order valence-electron chi connectivity index (χ2n) is 8.06. The number of nitrogens with zero attached hydrogens (tertiary/aromatic N) is 2. The van der Waals surface area contributed by atoms with Crippen LogP contribution in [0.3, 0.4) is 0 Å². The molecule has 0 spiro atoms. The van der Waals surface area contributed by atoms with Gasteiger partial charge in [0.15, 0.2) is 0 Å². The number of fused-ring (bicyclic) bond motifs is 2. The molecule has 9 heteroatoms. The first-order chi connectivity index (χ1) is 14.1. The summed E-state index contributed by atoms with van der Waals surface area (Å²) in [5.41, 5.74) is 2.20. The molecule has 2 N–H and O–H groups in total. The Labute approximate surface area is 171 Å². The van der Waals surface area contributed by atoms with Gasteiger partial charge in [-0.15, -0.1) is 13.2 Å². The van der Waals surface area contributed by atoms with Gasteiger partial charge in [0, 0.05) is 24.2 Å². The van der Waals surface area contributed by atoms with Crippen LogP contribution in [-0.2, 0) is 17.5 Å². The number of aliphatic hydroxyl groups excluding tert-OH is 1. The highest BCUT2D eigenvalue weighted by atomic mass is 19.4. The fourth-order valence-corrected chi connectivity index (χ4v) is 4.53. The Morgan fingerprint density at radius 2 is 2.10 bits per heavy atom. The van der Waals surface area contributed by atoms with Gasteiger partial charge in [0.2, 0.25) is 5.91 Å². The molecule has 30 heavy (non-hydrogen) atoms. The van der Waals surface area contributed by atoms with Crippen molar-refractivity contribution in [2.45, 2.75) is 37.9 Å². The fraction of sp³-hybridized carbons (Fsp3) is 0.476. The number of carbonyl (C=O) groups is 1. The van der Waals surface area contributed by atoms with Crippen LogP contribution >= 0.6 is 0 Å². The van der Waals surface area contributed by atoms with Crippen molar-refractivity contribution in [3.05, 3.63) is 41.6 Å². The number of likely N-dealkylation sites (N-methyl/N-ethyl adjacent to an activating group) is 1. The summed E-state index contributed by atoms with van der Waals surface area (Å²) in [7, 11) is 1.82. The monoisotopic (exact) mass is 425 g/mol. The van der Waals surface area contributed by atoms with Crippen molar-refractivity contribution in [3.63, 3.8) is 0 Å². The van der Waals surface area contributed by atoms with Crippen LogP contribution in [0.2, 0.25) is 0 Å². The Morgan fingerprint density at radius 3 is 2.73 bits per heavy atom. The number of nitrogens with one attached hydrogen (secondary N) is 1. The molecule has 1 aromatic carbocycles. The van der Waals surface area contributed by atoms with Gasteiger partial charge in [-0.05, 0) is 43.2 Å². The topological polar surface area (TPSA) is 57.5 Å². The molecular weight excluding hydrogens is 402 g/mol. The molecule has 0 fully saturated rings. The van der Waals surface area contributed by atoms with Crippen molar-refractivity contribution in [2.24, 2.45) is 5.92 Å². The van der Waals surface area contributed by atoms with Crippen LogP contribution in [0.1, 0.15) is 18.1 Å².